The third kappa shape index (κ3) is 10.3. The summed E-state index contributed by atoms with van der Waals surface area (Å²) in [4.78, 5) is 0. The van der Waals surface area contributed by atoms with Crippen molar-refractivity contribution in [2.45, 2.75) is 39.2 Å². The first-order chi connectivity index (χ1) is 5.48. The number of halogens is 1. The van der Waals surface area contributed by atoms with Crippen molar-refractivity contribution in [1.29, 1.82) is 0 Å². The highest BCUT2D eigenvalue weighted by molar-refractivity contribution is 4.44. The van der Waals surface area contributed by atoms with Crippen LogP contribution in [0.5, 0.6) is 0 Å². The zero-order valence-corrected chi connectivity index (χ0v) is 11.0. The van der Waals surface area contributed by atoms with Crippen molar-refractivity contribution in [3.05, 3.63) is 0 Å². The first kappa shape index (κ1) is 15.9. The maximum atomic E-state index is 9.23. The van der Waals surface area contributed by atoms with Gasteiger partial charge in [0.2, 0.25) is 0 Å². The van der Waals surface area contributed by atoms with E-state index in [2.05, 4.69) is 21.0 Å². The minimum Gasteiger partial charge on any atom is -1.00 e. The highest BCUT2D eigenvalue weighted by Crippen LogP contribution is 2.04. The molecule has 0 amide bonds. The topological polar surface area (TPSA) is 20.2 Å². The van der Waals surface area contributed by atoms with Crippen molar-refractivity contribution in [1.82, 2.24) is 0 Å². The van der Waals surface area contributed by atoms with Gasteiger partial charge < -0.3 is 26.6 Å². The van der Waals surface area contributed by atoms with Gasteiger partial charge in [0.05, 0.1) is 20.6 Å². The molecule has 0 aliphatic heterocycles. The molecule has 82 valence electrons. The van der Waals surface area contributed by atoms with Crippen LogP contribution in [-0.2, 0) is 0 Å². The molecule has 0 aromatic rings. The molecule has 0 heterocycles. The Hall–Kier alpha value is 0.400. The molecule has 0 radical (unpaired) electrons. The highest BCUT2D eigenvalue weighted by atomic mass is 79.9. The van der Waals surface area contributed by atoms with Gasteiger partial charge in [0, 0.05) is 0 Å². The molecule has 1 unspecified atom stereocenters. The fourth-order valence-corrected chi connectivity index (χ4v) is 1.60. The van der Waals surface area contributed by atoms with Crippen LogP contribution in [0.1, 0.15) is 33.1 Å². The Morgan fingerprint density at radius 3 is 2.15 bits per heavy atom. The van der Waals surface area contributed by atoms with Crippen molar-refractivity contribution in [2.75, 3.05) is 27.2 Å². The summed E-state index contributed by atoms with van der Waals surface area (Å²) in [5.74, 6) is 0. The summed E-state index contributed by atoms with van der Waals surface area (Å²) >= 11 is 0. The Morgan fingerprint density at radius 1 is 1.23 bits per heavy atom. The Kier molecular flexibility index (Phi) is 9.48. The van der Waals surface area contributed by atoms with E-state index in [1.165, 1.54) is 25.8 Å². The van der Waals surface area contributed by atoms with E-state index in [-0.39, 0.29) is 23.1 Å². The van der Waals surface area contributed by atoms with Crippen LogP contribution >= 0.6 is 0 Å². The number of nitrogens with zero attached hydrogens (tertiary/aromatic N) is 1. The quantitative estimate of drug-likeness (QED) is 0.458. The molecule has 0 saturated carbocycles. The minimum absolute atomic E-state index is 0. The molecule has 1 atom stereocenters. The molecule has 0 rings (SSSR count). The van der Waals surface area contributed by atoms with Crippen molar-refractivity contribution in [2.24, 2.45) is 0 Å². The molecule has 0 fully saturated rings. The van der Waals surface area contributed by atoms with E-state index in [1.807, 2.05) is 6.92 Å². The number of likely N-dealkylation sites (N-methyl/N-ethyl adjacent to an activating group) is 1. The zero-order valence-electron chi connectivity index (χ0n) is 9.39. The molecule has 13 heavy (non-hydrogen) atoms. The van der Waals surface area contributed by atoms with Crippen LogP contribution in [0.2, 0.25) is 0 Å². The summed E-state index contributed by atoms with van der Waals surface area (Å²) in [6, 6.07) is 0. The van der Waals surface area contributed by atoms with Gasteiger partial charge in [-0.1, -0.05) is 13.3 Å². The molecule has 1 N–H and O–H groups in total. The first-order valence-electron chi connectivity index (χ1n) is 4.98. The lowest BCUT2D eigenvalue weighted by Crippen LogP contribution is -3.00. The van der Waals surface area contributed by atoms with Gasteiger partial charge >= 0.3 is 0 Å². The summed E-state index contributed by atoms with van der Waals surface area (Å²) < 4.78 is 0.942. The highest BCUT2D eigenvalue weighted by Gasteiger charge is 2.16. The van der Waals surface area contributed by atoms with Crippen molar-refractivity contribution < 1.29 is 26.6 Å². The maximum Gasteiger partial charge on any atom is 0.104 e. The third-order valence-corrected chi connectivity index (χ3v) is 2.13. The van der Waals surface area contributed by atoms with Gasteiger partial charge in [0.1, 0.15) is 12.6 Å². The Balaban J connectivity index is 0. The Labute approximate surface area is 93.3 Å². The smallest absolute Gasteiger partial charge is 0.104 e. The van der Waals surface area contributed by atoms with Crippen LogP contribution in [0.4, 0.5) is 0 Å². The predicted octanol–water partition coefficient (Wildman–Crippen LogP) is -1.36. The largest absolute Gasteiger partial charge is 1.00 e. The van der Waals surface area contributed by atoms with E-state index >= 15 is 0 Å². The lowest BCUT2D eigenvalue weighted by molar-refractivity contribution is -0.893. The summed E-state index contributed by atoms with van der Waals surface area (Å²) in [6.45, 7) is 6.12. The van der Waals surface area contributed by atoms with E-state index in [0.29, 0.717) is 0 Å². The molecular weight excluding hydrogens is 230 g/mol. The van der Waals surface area contributed by atoms with E-state index in [9.17, 15) is 5.11 Å². The molecule has 0 aliphatic carbocycles. The fourth-order valence-electron chi connectivity index (χ4n) is 1.60. The number of aliphatic hydroxyl groups excluding tert-OH is 1. The summed E-state index contributed by atoms with van der Waals surface area (Å²) in [6.07, 6.45) is 3.67. The number of rotatable bonds is 6. The Morgan fingerprint density at radius 2 is 1.77 bits per heavy atom. The minimum atomic E-state index is -0.179. The Bertz CT molecular complexity index is 115. The fraction of sp³-hybridized carbons (Fsp3) is 1.00. The molecule has 0 aromatic heterocycles. The van der Waals surface area contributed by atoms with Crippen LogP contribution in [0.25, 0.3) is 0 Å². The van der Waals surface area contributed by atoms with Crippen molar-refractivity contribution in [3.8, 4) is 0 Å². The number of quaternary nitrogens is 1. The normalized spacial score (nSPS) is 13.6. The van der Waals surface area contributed by atoms with Crippen LogP contribution in [-0.4, -0.2) is 42.9 Å². The molecule has 0 aromatic carbocycles. The summed E-state index contributed by atoms with van der Waals surface area (Å²) in [5.41, 5.74) is 0. The number of aliphatic hydroxyl groups is 1. The van der Waals surface area contributed by atoms with Crippen LogP contribution in [0.15, 0.2) is 0 Å². The van der Waals surface area contributed by atoms with Gasteiger partial charge in [0.15, 0.2) is 0 Å². The zero-order chi connectivity index (χ0) is 9.61. The average Bonchev–Trinajstić information content (AvgIpc) is 1.84. The average molecular weight is 254 g/mol. The molecule has 0 bridgehead atoms. The van der Waals surface area contributed by atoms with Crippen molar-refractivity contribution in [3.63, 3.8) is 0 Å². The standard InChI is InChI=1S/C10H24NO.BrH/c1-5-6-7-8-11(3,4)9-10(2)12;/h10,12H,5-9H2,1-4H3;1H/q+1;/p-1. The van der Waals surface area contributed by atoms with E-state index in [4.69, 9.17) is 0 Å². The predicted molar refractivity (Wildman–Crippen MR) is 53.0 cm³/mol. The van der Waals surface area contributed by atoms with Crippen LogP contribution in [0.3, 0.4) is 0 Å². The monoisotopic (exact) mass is 253 g/mol. The molecule has 2 nitrogen and oxygen atoms in total. The van der Waals surface area contributed by atoms with Crippen LogP contribution < -0.4 is 17.0 Å². The molecule has 0 aliphatic rings. The molecule has 0 saturated heterocycles. The SMILES string of the molecule is CCCCC[N+](C)(C)CC(C)O.[Br-]. The van der Waals surface area contributed by atoms with Gasteiger partial charge in [0.25, 0.3) is 0 Å². The van der Waals surface area contributed by atoms with Gasteiger partial charge in [-0.2, -0.15) is 0 Å². The second-order valence-corrected chi connectivity index (χ2v) is 4.40. The number of unbranched alkanes of at least 4 members (excludes halogenated alkanes) is 2. The van der Waals surface area contributed by atoms with E-state index in [0.717, 1.165) is 11.0 Å². The summed E-state index contributed by atoms with van der Waals surface area (Å²) in [7, 11) is 4.37. The lowest BCUT2D eigenvalue weighted by atomic mass is 10.2. The van der Waals surface area contributed by atoms with Crippen molar-refractivity contribution >= 4 is 0 Å². The molecule has 3 heteroatoms. The maximum absolute atomic E-state index is 9.23. The van der Waals surface area contributed by atoms with Gasteiger partial charge in [-0.3, -0.25) is 0 Å². The summed E-state index contributed by atoms with van der Waals surface area (Å²) in [5, 5.41) is 9.23. The number of hydrogen-bond donors (Lipinski definition) is 1. The second kappa shape index (κ2) is 7.77. The third-order valence-electron chi connectivity index (χ3n) is 2.13. The lowest BCUT2D eigenvalue weighted by Gasteiger charge is -2.30. The van der Waals surface area contributed by atoms with Gasteiger partial charge in [-0.05, 0) is 19.8 Å². The first-order valence-corrected chi connectivity index (χ1v) is 4.98. The van der Waals surface area contributed by atoms with Crippen LogP contribution in [0, 0.1) is 0 Å². The number of hydrogen-bond acceptors (Lipinski definition) is 1. The molecule has 0 spiro atoms. The van der Waals surface area contributed by atoms with E-state index < -0.39 is 0 Å². The second-order valence-electron chi connectivity index (χ2n) is 4.40. The van der Waals surface area contributed by atoms with Gasteiger partial charge in [-0.15, -0.1) is 0 Å². The van der Waals surface area contributed by atoms with E-state index in [1.54, 1.807) is 0 Å². The van der Waals surface area contributed by atoms with Gasteiger partial charge in [-0.25, -0.2) is 0 Å². The molecular formula is C10H24BrNO.